The number of ether oxygens (including phenoxy) is 3. The van der Waals surface area contributed by atoms with E-state index in [1.54, 1.807) is 0 Å². The maximum atomic E-state index is 11.3. The van der Waals surface area contributed by atoms with E-state index < -0.39 is 6.10 Å². The molecule has 80 valence electrons. The fourth-order valence-corrected chi connectivity index (χ4v) is 1.62. The third-order valence-electron chi connectivity index (χ3n) is 2.35. The molecular formula is C10H16O4. The van der Waals surface area contributed by atoms with E-state index in [0.29, 0.717) is 5.95 Å². The van der Waals surface area contributed by atoms with Gasteiger partial charge >= 0.3 is 5.97 Å². The fourth-order valence-electron chi connectivity index (χ4n) is 1.62. The van der Waals surface area contributed by atoms with E-state index in [0.717, 1.165) is 12.0 Å². The Balaban J connectivity index is 2.79. The van der Waals surface area contributed by atoms with Gasteiger partial charge < -0.3 is 14.2 Å². The number of allylic oxidation sites excluding steroid dienone is 1. The Labute approximate surface area is 83.8 Å². The average Bonchev–Trinajstić information content (AvgIpc) is 2.17. The van der Waals surface area contributed by atoms with E-state index in [-0.39, 0.29) is 11.9 Å². The van der Waals surface area contributed by atoms with E-state index in [9.17, 15) is 4.79 Å². The van der Waals surface area contributed by atoms with Crippen LogP contribution < -0.4 is 0 Å². The summed E-state index contributed by atoms with van der Waals surface area (Å²) in [5.74, 6) is 0.222. The van der Waals surface area contributed by atoms with Crippen molar-refractivity contribution in [1.82, 2.24) is 0 Å². The van der Waals surface area contributed by atoms with Gasteiger partial charge in [-0.1, -0.05) is 6.92 Å². The molecule has 0 aromatic heterocycles. The molecule has 4 heteroatoms. The van der Waals surface area contributed by atoms with Gasteiger partial charge in [-0.2, -0.15) is 0 Å². The lowest BCUT2D eigenvalue weighted by Gasteiger charge is -2.29. The molecule has 14 heavy (non-hydrogen) atoms. The quantitative estimate of drug-likeness (QED) is 0.633. The molecule has 0 bridgehead atoms. The zero-order valence-electron chi connectivity index (χ0n) is 8.99. The summed E-state index contributed by atoms with van der Waals surface area (Å²) in [6.07, 6.45) is 0.252. The van der Waals surface area contributed by atoms with Gasteiger partial charge in [0.2, 0.25) is 6.10 Å². The van der Waals surface area contributed by atoms with Crippen LogP contribution in [0.25, 0.3) is 0 Å². The SMILES string of the molecule is COC(=O)C1OC(OC)=C(C)CC1C. The molecule has 1 aliphatic rings. The van der Waals surface area contributed by atoms with Gasteiger partial charge in [0.15, 0.2) is 0 Å². The first-order valence-corrected chi connectivity index (χ1v) is 4.58. The summed E-state index contributed by atoms with van der Waals surface area (Å²) in [7, 11) is 2.89. The molecule has 1 aliphatic heterocycles. The Morgan fingerprint density at radius 3 is 2.64 bits per heavy atom. The first-order valence-electron chi connectivity index (χ1n) is 4.58. The molecule has 0 N–H and O–H groups in total. The van der Waals surface area contributed by atoms with Crippen LogP contribution in [0.2, 0.25) is 0 Å². The number of hydrogen-bond donors (Lipinski definition) is 0. The lowest BCUT2D eigenvalue weighted by molar-refractivity contribution is -0.160. The van der Waals surface area contributed by atoms with E-state index >= 15 is 0 Å². The van der Waals surface area contributed by atoms with Gasteiger partial charge in [-0.25, -0.2) is 4.79 Å². The second-order valence-electron chi connectivity index (χ2n) is 3.51. The Morgan fingerprint density at radius 1 is 1.50 bits per heavy atom. The van der Waals surface area contributed by atoms with Gasteiger partial charge in [0.1, 0.15) is 0 Å². The predicted octanol–water partition coefficient (Wildman–Crippen LogP) is 1.46. The average molecular weight is 200 g/mol. The predicted molar refractivity (Wildman–Crippen MR) is 50.4 cm³/mol. The van der Waals surface area contributed by atoms with Gasteiger partial charge in [-0.15, -0.1) is 0 Å². The number of hydrogen-bond acceptors (Lipinski definition) is 4. The Kier molecular flexibility index (Phi) is 3.38. The molecule has 0 aromatic rings. The third-order valence-corrected chi connectivity index (χ3v) is 2.35. The van der Waals surface area contributed by atoms with E-state index in [2.05, 4.69) is 4.74 Å². The van der Waals surface area contributed by atoms with Crippen molar-refractivity contribution >= 4 is 5.97 Å². The second-order valence-corrected chi connectivity index (χ2v) is 3.51. The molecule has 1 heterocycles. The van der Waals surface area contributed by atoms with Crippen molar-refractivity contribution < 1.29 is 19.0 Å². The lowest BCUT2D eigenvalue weighted by Crippen LogP contribution is -2.35. The Hall–Kier alpha value is -1.19. The number of methoxy groups -OCH3 is 2. The van der Waals surface area contributed by atoms with Crippen molar-refractivity contribution in [2.45, 2.75) is 26.4 Å². The van der Waals surface area contributed by atoms with E-state index in [1.807, 2.05) is 13.8 Å². The van der Waals surface area contributed by atoms with Crippen molar-refractivity contribution in [3.8, 4) is 0 Å². The normalized spacial score (nSPS) is 26.9. The molecule has 0 saturated heterocycles. The highest BCUT2D eigenvalue weighted by atomic mass is 16.7. The smallest absolute Gasteiger partial charge is 0.347 e. The fraction of sp³-hybridized carbons (Fsp3) is 0.700. The van der Waals surface area contributed by atoms with Crippen LogP contribution in [-0.2, 0) is 19.0 Å². The Bertz CT molecular complexity index is 257. The molecule has 2 atom stereocenters. The van der Waals surface area contributed by atoms with Crippen LogP contribution in [-0.4, -0.2) is 26.3 Å². The molecule has 0 aromatic carbocycles. The molecule has 2 unspecified atom stereocenters. The minimum Gasteiger partial charge on any atom is -0.469 e. The monoisotopic (exact) mass is 200 g/mol. The molecule has 1 rings (SSSR count). The second kappa shape index (κ2) is 4.35. The maximum absolute atomic E-state index is 11.3. The molecule has 0 saturated carbocycles. The summed E-state index contributed by atoms with van der Waals surface area (Å²) < 4.78 is 15.1. The molecule has 4 nitrogen and oxygen atoms in total. The van der Waals surface area contributed by atoms with Crippen molar-refractivity contribution in [3.05, 3.63) is 11.5 Å². The van der Waals surface area contributed by atoms with Crippen LogP contribution in [0.5, 0.6) is 0 Å². The number of carbonyl (C=O) groups is 1. The lowest BCUT2D eigenvalue weighted by atomic mass is 9.94. The summed E-state index contributed by atoms with van der Waals surface area (Å²) in [6.45, 7) is 3.89. The minimum atomic E-state index is -0.543. The highest BCUT2D eigenvalue weighted by Gasteiger charge is 2.34. The minimum absolute atomic E-state index is 0.126. The molecule has 0 aliphatic carbocycles. The highest BCUT2D eigenvalue weighted by molar-refractivity contribution is 5.75. The summed E-state index contributed by atoms with van der Waals surface area (Å²) in [5, 5.41) is 0. The molecule has 0 radical (unpaired) electrons. The topological polar surface area (TPSA) is 44.8 Å². The zero-order valence-corrected chi connectivity index (χ0v) is 8.99. The van der Waals surface area contributed by atoms with Gasteiger partial charge in [0.25, 0.3) is 5.95 Å². The van der Waals surface area contributed by atoms with Crippen molar-refractivity contribution in [3.63, 3.8) is 0 Å². The summed E-state index contributed by atoms with van der Waals surface area (Å²) in [5.41, 5.74) is 1.03. The van der Waals surface area contributed by atoms with Crippen LogP contribution in [0.3, 0.4) is 0 Å². The number of carbonyl (C=O) groups excluding carboxylic acids is 1. The zero-order chi connectivity index (χ0) is 10.7. The van der Waals surface area contributed by atoms with Gasteiger partial charge in [0.05, 0.1) is 14.2 Å². The molecule has 0 spiro atoms. The van der Waals surface area contributed by atoms with Gasteiger partial charge in [-0.3, -0.25) is 0 Å². The summed E-state index contributed by atoms with van der Waals surface area (Å²) >= 11 is 0. The van der Waals surface area contributed by atoms with Crippen LogP contribution in [0.1, 0.15) is 20.3 Å². The van der Waals surface area contributed by atoms with Crippen LogP contribution in [0.15, 0.2) is 11.5 Å². The summed E-state index contributed by atoms with van der Waals surface area (Å²) in [6, 6.07) is 0. The van der Waals surface area contributed by atoms with E-state index in [1.165, 1.54) is 14.2 Å². The van der Waals surface area contributed by atoms with E-state index in [4.69, 9.17) is 9.47 Å². The molecule has 0 amide bonds. The molecular weight excluding hydrogens is 184 g/mol. The third kappa shape index (κ3) is 2.00. The van der Waals surface area contributed by atoms with Gasteiger partial charge in [0, 0.05) is 11.5 Å². The number of rotatable bonds is 2. The van der Waals surface area contributed by atoms with Gasteiger partial charge in [-0.05, 0) is 13.3 Å². The highest BCUT2D eigenvalue weighted by Crippen LogP contribution is 2.29. The van der Waals surface area contributed by atoms with Crippen LogP contribution >= 0.6 is 0 Å². The van der Waals surface area contributed by atoms with Crippen LogP contribution in [0, 0.1) is 5.92 Å². The molecule has 0 fully saturated rings. The van der Waals surface area contributed by atoms with Crippen molar-refractivity contribution in [2.24, 2.45) is 5.92 Å². The first kappa shape index (κ1) is 10.9. The Morgan fingerprint density at radius 2 is 2.14 bits per heavy atom. The standard InChI is InChI=1S/C10H16O4/c1-6-5-7(2)10(13-4)14-8(6)9(11)12-3/h6,8H,5H2,1-4H3. The number of esters is 1. The largest absolute Gasteiger partial charge is 0.469 e. The van der Waals surface area contributed by atoms with Crippen molar-refractivity contribution in [2.75, 3.05) is 14.2 Å². The van der Waals surface area contributed by atoms with Crippen molar-refractivity contribution in [1.29, 1.82) is 0 Å². The first-order chi connectivity index (χ1) is 6.60. The van der Waals surface area contributed by atoms with Crippen LogP contribution in [0.4, 0.5) is 0 Å². The maximum Gasteiger partial charge on any atom is 0.347 e. The summed E-state index contributed by atoms with van der Waals surface area (Å²) in [4.78, 5) is 11.3.